The van der Waals surface area contributed by atoms with Gasteiger partial charge in [-0.05, 0) is 31.7 Å². The fourth-order valence-corrected chi connectivity index (χ4v) is 3.35. The Balaban J connectivity index is 1.65. The summed E-state index contributed by atoms with van der Waals surface area (Å²) in [5.41, 5.74) is 2.25. The van der Waals surface area contributed by atoms with Gasteiger partial charge in [-0.2, -0.15) is 0 Å². The van der Waals surface area contributed by atoms with Gasteiger partial charge in [-0.1, -0.05) is 29.8 Å². The highest BCUT2D eigenvalue weighted by atomic mass is 16.5. The molecule has 0 aromatic heterocycles. The van der Waals surface area contributed by atoms with E-state index in [0.717, 1.165) is 25.3 Å². The first kappa shape index (κ1) is 13.1. The molecule has 0 spiro atoms. The quantitative estimate of drug-likeness (QED) is 0.906. The van der Waals surface area contributed by atoms with Gasteiger partial charge in [0.2, 0.25) is 0 Å². The number of fused-ring (bicyclic) bond motifs is 1. The Kier molecular flexibility index (Phi) is 3.87. The fourth-order valence-electron chi connectivity index (χ4n) is 3.35. The molecule has 3 rings (SSSR count). The van der Waals surface area contributed by atoms with E-state index in [4.69, 9.17) is 4.74 Å². The number of hydrogen-bond donors (Lipinski definition) is 1. The van der Waals surface area contributed by atoms with Gasteiger partial charge in [0.25, 0.3) is 0 Å². The molecule has 104 valence electrons. The van der Waals surface area contributed by atoms with Crippen molar-refractivity contribution in [3.63, 3.8) is 0 Å². The second-order valence-electron chi connectivity index (χ2n) is 5.83. The van der Waals surface area contributed by atoms with Crippen LogP contribution in [0.4, 0.5) is 0 Å². The van der Waals surface area contributed by atoms with Crippen molar-refractivity contribution >= 4 is 0 Å². The van der Waals surface area contributed by atoms with Gasteiger partial charge in [0.1, 0.15) is 0 Å². The summed E-state index contributed by atoms with van der Waals surface area (Å²) >= 11 is 0. The Morgan fingerprint density at radius 1 is 1.32 bits per heavy atom. The van der Waals surface area contributed by atoms with Crippen LogP contribution in [-0.2, 0) is 4.74 Å². The number of rotatable bonds is 3. The molecule has 1 N–H and O–H groups in total. The SMILES string of the molecule is Cc1ccc(C(O)CN2CCOC3CCCC32)cc1. The Labute approximate surface area is 115 Å². The summed E-state index contributed by atoms with van der Waals surface area (Å²) in [6.45, 7) is 4.56. The number of benzene rings is 1. The molecule has 1 aliphatic carbocycles. The van der Waals surface area contributed by atoms with E-state index in [-0.39, 0.29) is 6.10 Å². The first-order valence-corrected chi connectivity index (χ1v) is 7.34. The van der Waals surface area contributed by atoms with Crippen LogP contribution >= 0.6 is 0 Å². The average Bonchev–Trinajstić information content (AvgIpc) is 2.89. The lowest BCUT2D eigenvalue weighted by atomic mass is 10.0. The molecule has 2 aliphatic rings. The van der Waals surface area contributed by atoms with E-state index in [1.807, 2.05) is 12.1 Å². The summed E-state index contributed by atoms with van der Waals surface area (Å²) in [5, 5.41) is 10.4. The third-order valence-electron chi connectivity index (χ3n) is 4.47. The third kappa shape index (κ3) is 2.83. The van der Waals surface area contributed by atoms with Crippen LogP contribution in [0.5, 0.6) is 0 Å². The maximum atomic E-state index is 10.4. The van der Waals surface area contributed by atoms with Crippen molar-refractivity contribution in [3.05, 3.63) is 35.4 Å². The number of β-amino-alcohol motifs (C(OH)–C–C–N with tert-alkyl or cyclic N) is 1. The Morgan fingerprint density at radius 3 is 2.89 bits per heavy atom. The van der Waals surface area contributed by atoms with Crippen molar-refractivity contribution in [1.29, 1.82) is 0 Å². The average molecular weight is 261 g/mol. The van der Waals surface area contributed by atoms with Crippen LogP contribution in [0.2, 0.25) is 0 Å². The second kappa shape index (κ2) is 5.61. The molecule has 1 heterocycles. The molecule has 1 aromatic rings. The summed E-state index contributed by atoms with van der Waals surface area (Å²) in [4.78, 5) is 2.42. The molecule has 3 nitrogen and oxygen atoms in total. The molecular formula is C16H23NO2. The topological polar surface area (TPSA) is 32.7 Å². The number of aryl methyl sites for hydroxylation is 1. The Morgan fingerprint density at radius 2 is 2.11 bits per heavy atom. The highest BCUT2D eigenvalue weighted by Gasteiger charge is 2.36. The lowest BCUT2D eigenvalue weighted by Crippen LogP contribution is -2.49. The van der Waals surface area contributed by atoms with E-state index in [1.54, 1.807) is 0 Å². The summed E-state index contributed by atoms with van der Waals surface area (Å²) in [7, 11) is 0. The van der Waals surface area contributed by atoms with E-state index in [0.29, 0.717) is 12.1 Å². The first-order chi connectivity index (χ1) is 9.24. The van der Waals surface area contributed by atoms with Crippen molar-refractivity contribution in [1.82, 2.24) is 4.90 Å². The molecule has 0 radical (unpaired) electrons. The molecule has 1 saturated heterocycles. The molecule has 1 aliphatic heterocycles. The highest BCUT2D eigenvalue weighted by molar-refractivity contribution is 5.23. The fraction of sp³-hybridized carbons (Fsp3) is 0.625. The predicted octanol–water partition coefficient (Wildman–Crippen LogP) is 2.28. The van der Waals surface area contributed by atoms with Crippen LogP contribution in [0.1, 0.15) is 36.5 Å². The minimum Gasteiger partial charge on any atom is -0.387 e. The molecule has 3 unspecified atom stereocenters. The second-order valence-corrected chi connectivity index (χ2v) is 5.83. The number of aliphatic hydroxyl groups is 1. The van der Waals surface area contributed by atoms with Crippen molar-refractivity contribution in [2.24, 2.45) is 0 Å². The van der Waals surface area contributed by atoms with Crippen molar-refractivity contribution in [2.45, 2.75) is 44.4 Å². The first-order valence-electron chi connectivity index (χ1n) is 7.34. The van der Waals surface area contributed by atoms with Crippen molar-refractivity contribution < 1.29 is 9.84 Å². The largest absolute Gasteiger partial charge is 0.387 e. The molecule has 1 saturated carbocycles. The standard InChI is InChI=1S/C16H23NO2/c1-12-5-7-13(8-6-12)15(18)11-17-9-10-19-16-4-2-3-14(16)17/h5-8,14-16,18H,2-4,9-11H2,1H3. The lowest BCUT2D eigenvalue weighted by Gasteiger charge is -2.38. The molecule has 0 amide bonds. The zero-order valence-electron chi connectivity index (χ0n) is 11.6. The molecule has 19 heavy (non-hydrogen) atoms. The predicted molar refractivity (Wildman–Crippen MR) is 75.1 cm³/mol. The zero-order chi connectivity index (χ0) is 13.2. The molecule has 3 atom stereocenters. The maximum Gasteiger partial charge on any atom is 0.0917 e. The van der Waals surface area contributed by atoms with E-state index in [1.165, 1.54) is 24.8 Å². The van der Waals surface area contributed by atoms with E-state index >= 15 is 0 Å². The van der Waals surface area contributed by atoms with Crippen LogP contribution in [0.15, 0.2) is 24.3 Å². The van der Waals surface area contributed by atoms with Gasteiger partial charge in [-0.25, -0.2) is 0 Å². The summed E-state index contributed by atoms with van der Waals surface area (Å²) < 4.78 is 5.81. The molecular weight excluding hydrogens is 238 g/mol. The summed E-state index contributed by atoms with van der Waals surface area (Å²) in [5.74, 6) is 0. The van der Waals surface area contributed by atoms with Gasteiger partial charge in [0, 0.05) is 19.1 Å². The van der Waals surface area contributed by atoms with Crippen LogP contribution < -0.4 is 0 Å². The molecule has 3 heteroatoms. The van der Waals surface area contributed by atoms with Gasteiger partial charge >= 0.3 is 0 Å². The van der Waals surface area contributed by atoms with E-state index in [9.17, 15) is 5.11 Å². The van der Waals surface area contributed by atoms with E-state index < -0.39 is 0 Å². The molecule has 1 aromatic carbocycles. The van der Waals surface area contributed by atoms with Crippen LogP contribution in [0.3, 0.4) is 0 Å². The van der Waals surface area contributed by atoms with Gasteiger partial charge in [-0.3, -0.25) is 4.90 Å². The minimum absolute atomic E-state index is 0.389. The third-order valence-corrected chi connectivity index (χ3v) is 4.47. The summed E-state index contributed by atoms with van der Waals surface area (Å²) in [6.07, 6.45) is 3.67. The highest BCUT2D eigenvalue weighted by Crippen LogP contribution is 2.30. The van der Waals surface area contributed by atoms with Gasteiger partial charge in [-0.15, -0.1) is 0 Å². The van der Waals surface area contributed by atoms with Crippen LogP contribution in [0, 0.1) is 6.92 Å². The monoisotopic (exact) mass is 261 g/mol. The Hall–Kier alpha value is -0.900. The summed E-state index contributed by atoms with van der Waals surface area (Å²) in [6, 6.07) is 8.72. The zero-order valence-corrected chi connectivity index (χ0v) is 11.6. The lowest BCUT2D eigenvalue weighted by molar-refractivity contribution is -0.0675. The minimum atomic E-state index is -0.389. The van der Waals surface area contributed by atoms with Gasteiger partial charge in [0.15, 0.2) is 0 Å². The molecule has 0 bridgehead atoms. The number of nitrogens with zero attached hydrogens (tertiary/aromatic N) is 1. The van der Waals surface area contributed by atoms with E-state index in [2.05, 4.69) is 24.0 Å². The maximum absolute atomic E-state index is 10.4. The Bertz CT molecular complexity index is 417. The van der Waals surface area contributed by atoms with Crippen molar-refractivity contribution in [2.75, 3.05) is 19.7 Å². The number of ether oxygens (including phenoxy) is 1. The van der Waals surface area contributed by atoms with Gasteiger partial charge in [0.05, 0.1) is 18.8 Å². The van der Waals surface area contributed by atoms with Gasteiger partial charge < -0.3 is 9.84 Å². The normalized spacial score (nSPS) is 29.2. The van der Waals surface area contributed by atoms with Crippen LogP contribution in [0.25, 0.3) is 0 Å². The molecule has 2 fully saturated rings. The van der Waals surface area contributed by atoms with Crippen molar-refractivity contribution in [3.8, 4) is 0 Å². The number of aliphatic hydroxyl groups excluding tert-OH is 1. The number of hydrogen-bond acceptors (Lipinski definition) is 3. The smallest absolute Gasteiger partial charge is 0.0917 e. The van der Waals surface area contributed by atoms with Crippen LogP contribution in [-0.4, -0.2) is 41.8 Å². The number of morpholine rings is 1.